The summed E-state index contributed by atoms with van der Waals surface area (Å²) in [5, 5.41) is 8.56. The lowest BCUT2D eigenvalue weighted by Gasteiger charge is -2.23. The summed E-state index contributed by atoms with van der Waals surface area (Å²) < 4.78 is 1.30. The highest BCUT2D eigenvalue weighted by molar-refractivity contribution is 5.77. The fourth-order valence-corrected chi connectivity index (χ4v) is 3.90. The third kappa shape index (κ3) is 3.28. The summed E-state index contributed by atoms with van der Waals surface area (Å²) in [5.74, 6) is 0.101. The van der Waals surface area contributed by atoms with Crippen molar-refractivity contribution in [3.05, 3.63) is 34.6 Å². The summed E-state index contributed by atoms with van der Waals surface area (Å²) in [7, 11) is 0. The van der Waals surface area contributed by atoms with Crippen LogP contribution in [0.5, 0.6) is 0 Å². The highest BCUT2D eigenvalue weighted by Crippen LogP contribution is 2.20. The van der Waals surface area contributed by atoms with Crippen molar-refractivity contribution in [3.8, 4) is 0 Å². The molecule has 4 rings (SSSR count). The summed E-state index contributed by atoms with van der Waals surface area (Å²) in [6, 6.07) is 7.65. The van der Waals surface area contributed by atoms with Gasteiger partial charge in [0.15, 0.2) is 0 Å². The third-order valence-corrected chi connectivity index (χ3v) is 5.34. The number of aromatic nitrogens is 3. The van der Waals surface area contributed by atoms with Gasteiger partial charge in [-0.25, -0.2) is 4.68 Å². The normalized spacial score (nSPS) is 21.3. The largest absolute Gasteiger partial charge is 0.341 e. The molecule has 2 aromatic rings. The Hall–Kier alpha value is -2.28. The van der Waals surface area contributed by atoms with E-state index in [0.29, 0.717) is 23.4 Å². The third-order valence-electron chi connectivity index (χ3n) is 5.34. The van der Waals surface area contributed by atoms with Crippen molar-refractivity contribution in [1.29, 1.82) is 0 Å². The quantitative estimate of drug-likeness (QED) is 0.825. The molecule has 0 saturated carbocycles. The molecule has 7 nitrogen and oxygen atoms in total. The van der Waals surface area contributed by atoms with Gasteiger partial charge >= 0.3 is 0 Å². The molecule has 3 heterocycles. The van der Waals surface area contributed by atoms with Crippen LogP contribution in [-0.4, -0.2) is 62.9 Å². The Morgan fingerprint density at radius 2 is 1.96 bits per heavy atom. The van der Waals surface area contributed by atoms with E-state index in [2.05, 4.69) is 15.2 Å². The van der Waals surface area contributed by atoms with Crippen LogP contribution in [0.15, 0.2) is 29.1 Å². The Kier molecular flexibility index (Phi) is 4.48. The molecule has 0 spiro atoms. The standard InChI is InChI=1S/C18H23N5O2/c24-17(22-11-7-14(13-22)21-9-3-4-10-21)8-12-23-18(25)15-5-1-2-6-16(15)19-20-23/h1-2,5-6,14H,3-4,7-13H2. The molecule has 1 aromatic heterocycles. The highest BCUT2D eigenvalue weighted by Gasteiger charge is 2.31. The van der Waals surface area contributed by atoms with Crippen LogP contribution < -0.4 is 5.56 Å². The Balaban J connectivity index is 1.37. The van der Waals surface area contributed by atoms with Crippen LogP contribution in [0.3, 0.4) is 0 Å². The van der Waals surface area contributed by atoms with Crippen molar-refractivity contribution in [3.63, 3.8) is 0 Å². The molecule has 2 aliphatic rings. The Bertz CT molecular complexity index is 828. The number of likely N-dealkylation sites (tertiary alicyclic amines) is 2. The van der Waals surface area contributed by atoms with Crippen LogP contribution >= 0.6 is 0 Å². The number of rotatable bonds is 4. The number of hydrogen-bond acceptors (Lipinski definition) is 5. The van der Waals surface area contributed by atoms with Gasteiger partial charge in [0.1, 0.15) is 5.52 Å². The molecule has 1 aromatic carbocycles. The lowest BCUT2D eigenvalue weighted by atomic mass is 10.2. The fourth-order valence-electron chi connectivity index (χ4n) is 3.90. The number of carbonyl (C=O) groups excluding carboxylic acids is 1. The van der Waals surface area contributed by atoms with Crippen molar-refractivity contribution in [2.75, 3.05) is 26.2 Å². The van der Waals surface area contributed by atoms with Crippen molar-refractivity contribution in [2.24, 2.45) is 0 Å². The second-order valence-electron chi connectivity index (χ2n) is 6.91. The summed E-state index contributed by atoms with van der Waals surface area (Å²) in [5.41, 5.74) is 0.401. The van der Waals surface area contributed by atoms with E-state index >= 15 is 0 Å². The first-order valence-corrected chi connectivity index (χ1v) is 9.07. The van der Waals surface area contributed by atoms with Gasteiger partial charge in [-0.15, -0.1) is 5.10 Å². The second kappa shape index (κ2) is 6.92. The molecule has 2 fully saturated rings. The fraction of sp³-hybridized carbons (Fsp3) is 0.556. The van der Waals surface area contributed by atoms with Gasteiger partial charge < -0.3 is 4.90 Å². The molecule has 0 aliphatic carbocycles. The van der Waals surface area contributed by atoms with Gasteiger partial charge in [-0.1, -0.05) is 17.3 Å². The Morgan fingerprint density at radius 3 is 2.80 bits per heavy atom. The molecule has 1 unspecified atom stereocenters. The predicted octanol–water partition coefficient (Wildman–Crippen LogP) is 0.878. The zero-order valence-electron chi connectivity index (χ0n) is 14.3. The smallest absolute Gasteiger partial charge is 0.277 e. The maximum atomic E-state index is 12.5. The maximum absolute atomic E-state index is 12.5. The van der Waals surface area contributed by atoms with E-state index in [9.17, 15) is 9.59 Å². The van der Waals surface area contributed by atoms with Gasteiger partial charge in [0.05, 0.1) is 11.9 Å². The van der Waals surface area contributed by atoms with Crippen LogP contribution in [0.1, 0.15) is 25.7 Å². The number of carbonyl (C=O) groups is 1. The lowest BCUT2D eigenvalue weighted by Crippen LogP contribution is -2.37. The van der Waals surface area contributed by atoms with Crippen LogP contribution in [-0.2, 0) is 11.3 Å². The van der Waals surface area contributed by atoms with Crippen LogP contribution in [0.2, 0.25) is 0 Å². The van der Waals surface area contributed by atoms with Crippen LogP contribution in [0.4, 0.5) is 0 Å². The molecular weight excluding hydrogens is 318 g/mol. The van der Waals surface area contributed by atoms with E-state index in [-0.39, 0.29) is 18.0 Å². The average molecular weight is 341 g/mol. The topological polar surface area (TPSA) is 71.3 Å². The number of aryl methyl sites for hydroxylation is 1. The monoisotopic (exact) mass is 341 g/mol. The molecule has 2 saturated heterocycles. The van der Waals surface area contributed by atoms with E-state index < -0.39 is 0 Å². The molecular formula is C18H23N5O2. The lowest BCUT2D eigenvalue weighted by molar-refractivity contribution is -0.130. The van der Waals surface area contributed by atoms with Gasteiger partial charge in [-0.05, 0) is 44.5 Å². The first-order valence-electron chi connectivity index (χ1n) is 9.07. The van der Waals surface area contributed by atoms with E-state index in [4.69, 9.17) is 0 Å². The van der Waals surface area contributed by atoms with Crippen LogP contribution in [0, 0.1) is 0 Å². The molecule has 25 heavy (non-hydrogen) atoms. The minimum absolute atomic E-state index is 0.101. The minimum Gasteiger partial charge on any atom is -0.341 e. The zero-order valence-corrected chi connectivity index (χ0v) is 14.3. The number of nitrogens with zero attached hydrogens (tertiary/aromatic N) is 5. The molecule has 0 N–H and O–H groups in total. The number of hydrogen-bond donors (Lipinski definition) is 0. The summed E-state index contributed by atoms with van der Waals surface area (Å²) in [6.45, 7) is 4.24. The van der Waals surface area contributed by atoms with Crippen molar-refractivity contribution in [1.82, 2.24) is 24.8 Å². The number of fused-ring (bicyclic) bond motifs is 1. The average Bonchev–Trinajstić information content (AvgIpc) is 3.32. The van der Waals surface area contributed by atoms with Crippen molar-refractivity contribution in [2.45, 2.75) is 38.3 Å². The van der Waals surface area contributed by atoms with Gasteiger partial charge in [0, 0.05) is 25.6 Å². The van der Waals surface area contributed by atoms with E-state index in [1.165, 1.54) is 17.5 Å². The van der Waals surface area contributed by atoms with Crippen LogP contribution in [0.25, 0.3) is 10.9 Å². The first kappa shape index (κ1) is 16.2. The maximum Gasteiger partial charge on any atom is 0.277 e. The molecule has 0 radical (unpaired) electrons. The van der Waals surface area contributed by atoms with Gasteiger partial charge in [-0.3, -0.25) is 14.5 Å². The van der Waals surface area contributed by atoms with E-state index in [1.54, 1.807) is 12.1 Å². The Morgan fingerprint density at radius 1 is 1.16 bits per heavy atom. The highest BCUT2D eigenvalue weighted by atomic mass is 16.2. The number of benzene rings is 1. The molecule has 2 aliphatic heterocycles. The van der Waals surface area contributed by atoms with Gasteiger partial charge in [0.25, 0.3) is 5.56 Å². The molecule has 7 heteroatoms. The van der Waals surface area contributed by atoms with Crippen molar-refractivity contribution < 1.29 is 4.79 Å². The molecule has 132 valence electrons. The van der Waals surface area contributed by atoms with Crippen molar-refractivity contribution >= 4 is 16.8 Å². The predicted molar refractivity (Wildman–Crippen MR) is 94.2 cm³/mol. The number of amides is 1. The second-order valence-corrected chi connectivity index (χ2v) is 6.91. The molecule has 1 atom stereocenters. The zero-order chi connectivity index (χ0) is 17.2. The minimum atomic E-state index is -0.185. The molecule has 1 amide bonds. The van der Waals surface area contributed by atoms with Gasteiger partial charge in [-0.2, -0.15) is 0 Å². The molecule has 0 bridgehead atoms. The summed E-state index contributed by atoms with van der Waals surface area (Å²) >= 11 is 0. The van der Waals surface area contributed by atoms with E-state index in [0.717, 1.165) is 32.6 Å². The Labute approximate surface area is 146 Å². The van der Waals surface area contributed by atoms with Gasteiger partial charge in [0.2, 0.25) is 5.91 Å². The van der Waals surface area contributed by atoms with E-state index in [1.807, 2.05) is 17.0 Å². The SMILES string of the molecule is O=C(CCn1nnc2ccccc2c1=O)N1CCC(N2CCCC2)C1. The summed E-state index contributed by atoms with van der Waals surface area (Å²) in [6.07, 6.45) is 3.89. The summed E-state index contributed by atoms with van der Waals surface area (Å²) in [4.78, 5) is 29.4. The first-order chi connectivity index (χ1) is 12.2.